The fourth-order valence-electron chi connectivity index (χ4n) is 2.44. The molecule has 20 heavy (non-hydrogen) atoms. The van der Waals surface area contributed by atoms with E-state index < -0.39 is 0 Å². The van der Waals surface area contributed by atoms with E-state index in [4.69, 9.17) is 0 Å². The predicted molar refractivity (Wildman–Crippen MR) is 92.6 cm³/mol. The molecule has 0 aromatic carbocycles. The summed E-state index contributed by atoms with van der Waals surface area (Å²) >= 11 is 0. The Labute approximate surface area is 138 Å². The summed E-state index contributed by atoms with van der Waals surface area (Å²) in [6.07, 6.45) is 8.87. The number of rotatable bonds is 6. The van der Waals surface area contributed by atoms with Crippen LogP contribution in [0.3, 0.4) is 0 Å². The van der Waals surface area contributed by atoms with Gasteiger partial charge in [-0.05, 0) is 32.1 Å². The van der Waals surface area contributed by atoms with Crippen molar-refractivity contribution in [1.82, 2.24) is 16.0 Å². The van der Waals surface area contributed by atoms with Crippen molar-refractivity contribution in [2.24, 2.45) is 4.99 Å². The van der Waals surface area contributed by atoms with Gasteiger partial charge in [-0.1, -0.05) is 12.8 Å². The average Bonchev–Trinajstić information content (AvgIpc) is 3.06. The Morgan fingerprint density at radius 2 is 1.75 bits per heavy atom. The van der Waals surface area contributed by atoms with E-state index >= 15 is 0 Å². The first-order valence-corrected chi connectivity index (χ1v) is 7.54. The maximum atomic E-state index is 11.5. The molecule has 2 fully saturated rings. The summed E-state index contributed by atoms with van der Waals surface area (Å²) in [4.78, 5) is 15.7. The summed E-state index contributed by atoms with van der Waals surface area (Å²) in [5.74, 6) is 1.05. The molecule has 0 aromatic rings. The minimum atomic E-state index is 0. The van der Waals surface area contributed by atoms with Gasteiger partial charge >= 0.3 is 0 Å². The maximum Gasteiger partial charge on any atom is 0.220 e. The number of halogens is 1. The van der Waals surface area contributed by atoms with Gasteiger partial charge < -0.3 is 16.0 Å². The van der Waals surface area contributed by atoms with Gasteiger partial charge in [0, 0.05) is 32.1 Å². The lowest BCUT2D eigenvalue weighted by atomic mass is 10.2. The van der Waals surface area contributed by atoms with Crippen molar-refractivity contribution in [3.8, 4) is 0 Å². The number of nitrogens with one attached hydrogen (secondary N) is 3. The van der Waals surface area contributed by atoms with Crippen LogP contribution in [0.5, 0.6) is 0 Å². The van der Waals surface area contributed by atoms with E-state index in [1.165, 1.54) is 25.7 Å². The van der Waals surface area contributed by atoms with Gasteiger partial charge in [-0.15, -0.1) is 24.0 Å². The highest BCUT2D eigenvalue weighted by molar-refractivity contribution is 14.0. The highest BCUT2D eigenvalue weighted by Gasteiger charge is 2.22. The largest absolute Gasteiger partial charge is 0.356 e. The zero-order valence-electron chi connectivity index (χ0n) is 12.3. The van der Waals surface area contributed by atoms with Gasteiger partial charge in [0.2, 0.25) is 5.91 Å². The molecular formula is C14H27IN4O. The summed E-state index contributed by atoms with van der Waals surface area (Å²) in [5.41, 5.74) is 0. The maximum absolute atomic E-state index is 11.5. The quantitative estimate of drug-likeness (QED) is 0.279. The molecule has 0 unspecified atom stereocenters. The van der Waals surface area contributed by atoms with Crippen LogP contribution in [0, 0.1) is 0 Å². The van der Waals surface area contributed by atoms with Gasteiger partial charge in [0.05, 0.1) is 0 Å². The molecule has 0 heterocycles. The van der Waals surface area contributed by atoms with Crippen LogP contribution >= 0.6 is 24.0 Å². The second kappa shape index (κ2) is 9.41. The van der Waals surface area contributed by atoms with Crippen LogP contribution in [0.2, 0.25) is 0 Å². The van der Waals surface area contributed by atoms with Gasteiger partial charge in [0.1, 0.15) is 0 Å². The molecule has 2 aliphatic rings. The molecule has 2 saturated carbocycles. The van der Waals surface area contributed by atoms with Crippen molar-refractivity contribution in [3.05, 3.63) is 0 Å². The SMILES string of the molecule is CN=C(NCCCC(=O)NC1CC1)NC1CCCC1.I. The first kappa shape index (κ1) is 17.5. The molecule has 2 rings (SSSR count). The van der Waals surface area contributed by atoms with Crippen molar-refractivity contribution < 1.29 is 4.79 Å². The Bertz CT molecular complexity index is 325. The fourth-order valence-corrected chi connectivity index (χ4v) is 2.44. The molecule has 1 amide bonds. The van der Waals surface area contributed by atoms with Crippen molar-refractivity contribution in [2.75, 3.05) is 13.6 Å². The van der Waals surface area contributed by atoms with E-state index in [1.807, 2.05) is 0 Å². The number of aliphatic imine (C=N–C) groups is 1. The molecule has 5 nitrogen and oxygen atoms in total. The summed E-state index contributed by atoms with van der Waals surface area (Å²) < 4.78 is 0. The van der Waals surface area contributed by atoms with Crippen LogP contribution in [0.4, 0.5) is 0 Å². The van der Waals surface area contributed by atoms with Crippen LogP contribution < -0.4 is 16.0 Å². The predicted octanol–water partition coefficient (Wildman–Crippen LogP) is 1.77. The van der Waals surface area contributed by atoms with Gasteiger partial charge in [0.15, 0.2) is 5.96 Å². The first-order chi connectivity index (χ1) is 9.28. The smallest absolute Gasteiger partial charge is 0.220 e. The monoisotopic (exact) mass is 394 g/mol. The average molecular weight is 394 g/mol. The molecule has 2 aliphatic carbocycles. The van der Waals surface area contributed by atoms with Crippen molar-refractivity contribution in [3.63, 3.8) is 0 Å². The second-order valence-corrected chi connectivity index (χ2v) is 5.57. The van der Waals surface area contributed by atoms with Gasteiger partial charge in [-0.25, -0.2) is 0 Å². The number of hydrogen-bond acceptors (Lipinski definition) is 2. The zero-order chi connectivity index (χ0) is 13.5. The molecule has 0 spiro atoms. The first-order valence-electron chi connectivity index (χ1n) is 7.54. The van der Waals surface area contributed by atoms with Gasteiger partial charge in [-0.2, -0.15) is 0 Å². The Hall–Kier alpha value is -0.530. The van der Waals surface area contributed by atoms with Crippen LogP contribution in [0.15, 0.2) is 4.99 Å². The number of guanidine groups is 1. The molecule has 0 aromatic heterocycles. The number of carbonyl (C=O) groups excluding carboxylic acids is 1. The molecule has 3 N–H and O–H groups in total. The number of carbonyl (C=O) groups is 1. The molecule has 0 aliphatic heterocycles. The third kappa shape index (κ3) is 6.76. The van der Waals surface area contributed by atoms with E-state index in [-0.39, 0.29) is 29.9 Å². The van der Waals surface area contributed by atoms with E-state index in [1.54, 1.807) is 7.05 Å². The Morgan fingerprint density at radius 1 is 1.10 bits per heavy atom. The molecule has 0 bridgehead atoms. The summed E-state index contributed by atoms with van der Waals surface area (Å²) in [6, 6.07) is 1.04. The fraction of sp³-hybridized carbons (Fsp3) is 0.857. The van der Waals surface area contributed by atoms with Crippen molar-refractivity contribution in [1.29, 1.82) is 0 Å². The normalized spacial score (nSPS) is 19.4. The zero-order valence-corrected chi connectivity index (χ0v) is 14.6. The molecule has 6 heteroatoms. The molecule has 116 valence electrons. The Balaban J connectivity index is 0.00000200. The summed E-state index contributed by atoms with van der Waals surface area (Å²) in [5, 5.41) is 9.72. The van der Waals surface area contributed by atoms with E-state index in [0.717, 1.165) is 31.8 Å². The van der Waals surface area contributed by atoms with E-state index in [0.29, 0.717) is 18.5 Å². The van der Waals surface area contributed by atoms with Gasteiger partial charge in [-0.3, -0.25) is 9.79 Å². The highest BCUT2D eigenvalue weighted by atomic mass is 127. The highest BCUT2D eigenvalue weighted by Crippen LogP contribution is 2.18. The van der Waals surface area contributed by atoms with Gasteiger partial charge in [0.25, 0.3) is 0 Å². The van der Waals surface area contributed by atoms with E-state index in [2.05, 4.69) is 20.9 Å². The standard InChI is InChI=1S/C14H26N4O.HI/c1-15-14(18-11-5-2-3-6-11)16-10-4-7-13(19)17-12-8-9-12;/h11-12H,2-10H2,1H3,(H,17,19)(H2,15,16,18);1H. The lowest BCUT2D eigenvalue weighted by Gasteiger charge is -2.16. The molecule has 0 saturated heterocycles. The van der Waals surface area contributed by atoms with E-state index in [9.17, 15) is 4.79 Å². The number of nitrogens with zero attached hydrogens (tertiary/aromatic N) is 1. The topological polar surface area (TPSA) is 65.5 Å². The van der Waals surface area contributed by atoms with Crippen LogP contribution in [0.25, 0.3) is 0 Å². The van der Waals surface area contributed by atoms with Crippen molar-refractivity contribution >= 4 is 35.8 Å². The molecule has 0 atom stereocenters. The lowest BCUT2D eigenvalue weighted by molar-refractivity contribution is -0.121. The summed E-state index contributed by atoms with van der Waals surface area (Å²) in [7, 11) is 1.80. The molecule has 0 radical (unpaired) electrons. The Morgan fingerprint density at radius 3 is 2.35 bits per heavy atom. The lowest BCUT2D eigenvalue weighted by Crippen LogP contribution is -2.42. The minimum absolute atomic E-state index is 0. The van der Waals surface area contributed by atoms with Crippen LogP contribution in [0.1, 0.15) is 51.4 Å². The molecular weight excluding hydrogens is 367 g/mol. The third-order valence-corrected chi connectivity index (χ3v) is 3.74. The van der Waals surface area contributed by atoms with Crippen LogP contribution in [-0.4, -0.2) is 37.5 Å². The van der Waals surface area contributed by atoms with Crippen molar-refractivity contribution in [2.45, 2.75) is 63.5 Å². The summed E-state index contributed by atoms with van der Waals surface area (Å²) in [6.45, 7) is 0.796. The number of amides is 1. The third-order valence-electron chi connectivity index (χ3n) is 3.74. The number of hydrogen-bond donors (Lipinski definition) is 3. The minimum Gasteiger partial charge on any atom is -0.356 e. The Kier molecular flexibility index (Phi) is 8.25. The van der Waals surface area contributed by atoms with Crippen LogP contribution in [-0.2, 0) is 4.79 Å². The second-order valence-electron chi connectivity index (χ2n) is 5.57.